The Morgan fingerprint density at radius 2 is 2.14 bits per heavy atom. The monoisotopic (exact) mass is 323 g/mol. The maximum atomic E-state index is 13.8. The molecule has 2 aromatic rings. The van der Waals surface area contributed by atoms with E-state index in [9.17, 15) is 12.8 Å². The van der Waals surface area contributed by atoms with Crippen LogP contribution in [-0.2, 0) is 28.6 Å². The summed E-state index contributed by atoms with van der Waals surface area (Å²) in [4.78, 5) is 0. The first-order valence-electron chi connectivity index (χ1n) is 7.31. The maximum Gasteiger partial charge on any atom is 0.164 e. The topological polar surface area (TPSA) is 64.8 Å². The first-order chi connectivity index (χ1) is 10.4. The zero-order valence-corrected chi connectivity index (χ0v) is 13.4. The molecular weight excluding hydrogens is 305 g/mol. The second-order valence-electron chi connectivity index (χ2n) is 5.55. The van der Waals surface area contributed by atoms with E-state index < -0.39 is 15.1 Å². The number of rotatable bonds is 4. The molecule has 1 aromatic heterocycles. The second-order valence-corrected chi connectivity index (χ2v) is 7.73. The number of fused-ring (bicyclic) bond motifs is 1. The maximum absolute atomic E-state index is 13.8. The molecular formula is C15H18FN3O2S. The van der Waals surface area contributed by atoms with Crippen molar-refractivity contribution < 1.29 is 12.8 Å². The van der Waals surface area contributed by atoms with Gasteiger partial charge in [0.05, 0.1) is 5.25 Å². The molecule has 1 atom stereocenters. The van der Waals surface area contributed by atoms with E-state index in [1.165, 1.54) is 6.07 Å². The molecule has 3 rings (SSSR count). The van der Waals surface area contributed by atoms with Gasteiger partial charge in [0, 0.05) is 6.54 Å². The van der Waals surface area contributed by atoms with Crippen molar-refractivity contribution in [3.8, 4) is 0 Å². The third-order valence-corrected chi connectivity index (χ3v) is 6.27. The molecule has 7 heteroatoms. The van der Waals surface area contributed by atoms with E-state index in [0.717, 1.165) is 0 Å². The van der Waals surface area contributed by atoms with Gasteiger partial charge in [-0.1, -0.05) is 12.1 Å². The van der Waals surface area contributed by atoms with Crippen LogP contribution in [0.15, 0.2) is 18.2 Å². The van der Waals surface area contributed by atoms with Crippen LogP contribution in [0.1, 0.15) is 41.4 Å². The van der Waals surface area contributed by atoms with Gasteiger partial charge in [-0.2, -0.15) is 0 Å². The quantitative estimate of drug-likeness (QED) is 0.866. The van der Waals surface area contributed by atoms with E-state index in [1.54, 1.807) is 23.6 Å². The molecule has 1 unspecified atom stereocenters. The van der Waals surface area contributed by atoms with Crippen molar-refractivity contribution in [1.29, 1.82) is 0 Å². The molecule has 0 N–H and O–H groups in total. The summed E-state index contributed by atoms with van der Waals surface area (Å²) in [5.41, 5.74) is 1.13. The Labute approximate surface area is 129 Å². The Kier molecular flexibility index (Phi) is 3.76. The van der Waals surface area contributed by atoms with Crippen LogP contribution in [0.2, 0.25) is 0 Å². The van der Waals surface area contributed by atoms with E-state index >= 15 is 0 Å². The van der Waals surface area contributed by atoms with Crippen molar-refractivity contribution in [2.24, 2.45) is 0 Å². The number of hydrogen-bond acceptors (Lipinski definition) is 4. The normalized spacial score (nSPS) is 17.7. The van der Waals surface area contributed by atoms with Crippen LogP contribution < -0.4 is 0 Å². The summed E-state index contributed by atoms with van der Waals surface area (Å²) in [6.07, 6.45) is 0.892. The average molecular weight is 323 g/mol. The minimum absolute atomic E-state index is 0.164. The van der Waals surface area contributed by atoms with E-state index in [2.05, 4.69) is 10.2 Å². The molecule has 0 saturated heterocycles. The highest BCUT2D eigenvalue weighted by atomic mass is 32.2. The van der Waals surface area contributed by atoms with Crippen LogP contribution in [0.4, 0.5) is 4.39 Å². The molecule has 0 radical (unpaired) electrons. The number of benzene rings is 1. The van der Waals surface area contributed by atoms with Crippen LogP contribution in [0, 0.1) is 12.7 Å². The highest BCUT2D eigenvalue weighted by molar-refractivity contribution is 7.90. The lowest BCUT2D eigenvalue weighted by Gasteiger charge is -2.13. The Morgan fingerprint density at radius 3 is 2.86 bits per heavy atom. The van der Waals surface area contributed by atoms with E-state index in [-0.39, 0.29) is 11.6 Å². The molecule has 5 nitrogen and oxygen atoms in total. The standard InChI is InChI=1S/C15H18FN3O2S/c1-3-19-10(2)17-18-15(19)9-22(20,21)14-8-7-11-12(14)5-4-6-13(11)16/h4-6,14H,3,7-9H2,1-2H3. The molecule has 1 aliphatic rings. The largest absolute Gasteiger partial charge is 0.315 e. The summed E-state index contributed by atoms with van der Waals surface area (Å²) in [7, 11) is -3.45. The van der Waals surface area contributed by atoms with Crippen molar-refractivity contribution >= 4 is 9.84 Å². The fraction of sp³-hybridized carbons (Fsp3) is 0.467. The molecule has 0 amide bonds. The summed E-state index contributed by atoms with van der Waals surface area (Å²) in [5.74, 6) is 0.667. The Bertz CT molecular complexity index is 814. The van der Waals surface area contributed by atoms with Gasteiger partial charge < -0.3 is 4.57 Å². The first kappa shape index (κ1) is 15.1. The van der Waals surface area contributed by atoms with Crippen LogP contribution in [0.3, 0.4) is 0 Å². The van der Waals surface area contributed by atoms with Crippen LogP contribution in [0.5, 0.6) is 0 Å². The predicted molar refractivity (Wildman–Crippen MR) is 80.5 cm³/mol. The molecule has 0 bridgehead atoms. The van der Waals surface area contributed by atoms with Gasteiger partial charge in [0.25, 0.3) is 0 Å². The smallest absolute Gasteiger partial charge is 0.164 e. The van der Waals surface area contributed by atoms with Gasteiger partial charge in [-0.05, 0) is 43.9 Å². The van der Waals surface area contributed by atoms with Crippen LogP contribution in [0.25, 0.3) is 0 Å². The minimum atomic E-state index is -3.45. The number of hydrogen-bond donors (Lipinski definition) is 0. The third kappa shape index (κ3) is 2.43. The molecule has 1 aliphatic carbocycles. The first-order valence-corrected chi connectivity index (χ1v) is 9.03. The van der Waals surface area contributed by atoms with Crippen molar-refractivity contribution in [2.75, 3.05) is 0 Å². The summed E-state index contributed by atoms with van der Waals surface area (Å²) in [6.45, 7) is 4.35. The molecule has 0 saturated carbocycles. The van der Waals surface area contributed by atoms with Crippen LogP contribution >= 0.6 is 0 Å². The highest BCUT2D eigenvalue weighted by Crippen LogP contribution is 2.39. The molecule has 118 valence electrons. The van der Waals surface area contributed by atoms with E-state index in [1.807, 2.05) is 6.92 Å². The Balaban J connectivity index is 1.94. The number of halogens is 1. The number of nitrogens with zero attached hydrogens (tertiary/aromatic N) is 3. The van der Waals surface area contributed by atoms with Gasteiger partial charge >= 0.3 is 0 Å². The van der Waals surface area contributed by atoms with Gasteiger partial charge in [0.2, 0.25) is 0 Å². The zero-order valence-electron chi connectivity index (χ0n) is 12.6. The van der Waals surface area contributed by atoms with Gasteiger partial charge in [0.1, 0.15) is 23.2 Å². The number of aromatic nitrogens is 3. The van der Waals surface area contributed by atoms with Gasteiger partial charge in [-0.3, -0.25) is 0 Å². The summed E-state index contributed by atoms with van der Waals surface area (Å²) < 4.78 is 41.1. The lowest BCUT2D eigenvalue weighted by atomic mass is 10.1. The SMILES string of the molecule is CCn1c(C)nnc1CS(=O)(=O)C1CCc2c(F)cccc21. The average Bonchev–Trinajstić information content (AvgIpc) is 3.04. The lowest BCUT2D eigenvalue weighted by Crippen LogP contribution is -2.16. The Hall–Kier alpha value is -1.76. The fourth-order valence-corrected chi connectivity index (χ4v) is 5.03. The van der Waals surface area contributed by atoms with Crippen molar-refractivity contribution in [1.82, 2.24) is 14.8 Å². The molecule has 0 fully saturated rings. The second kappa shape index (κ2) is 5.46. The lowest BCUT2D eigenvalue weighted by molar-refractivity contribution is 0.575. The third-order valence-electron chi connectivity index (χ3n) is 4.25. The minimum Gasteiger partial charge on any atom is -0.315 e. The van der Waals surface area contributed by atoms with Crippen molar-refractivity contribution in [3.05, 3.63) is 46.8 Å². The van der Waals surface area contributed by atoms with E-state index in [0.29, 0.717) is 42.2 Å². The summed E-state index contributed by atoms with van der Waals surface area (Å²) in [5, 5.41) is 7.27. The summed E-state index contributed by atoms with van der Waals surface area (Å²) >= 11 is 0. The van der Waals surface area contributed by atoms with E-state index in [4.69, 9.17) is 0 Å². The highest BCUT2D eigenvalue weighted by Gasteiger charge is 2.35. The molecule has 0 spiro atoms. The van der Waals surface area contributed by atoms with Gasteiger partial charge in [-0.25, -0.2) is 12.8 Å². The Morgan fingerprint density at radius 1 is 1.36 bits per heavy atom. The summed E-state index contributed by atoms with van der Waals surface area (Å²) in [6, 6.07) is 4.66. The predicted octanol–water partition coefficient (Wildman–Crippen LogP) is 2.35. The van der Waals surface area contributed by atoms with Crippen molar-refractivity contribution in [3.63, 3.8) is 0 Å². The van der Waals surface area contributed by atoms with Gasteiger partial charge in [-0.15, -0.1) is 10.2 Å². The fourth-order valence-electron chi connectivity index (χ4n) is 3.17. The molecule has 1 aromatic carbocycles. The molecule has 0 aliphatic heterocycles. The molecule has 1 heterocycles. The number of aryl methyl sites for hydroxylation is 1. The number of sulfone groups is 1. The van der Waals surface area contributed by atoms with Crippen LogP contribution in [-0.4, -0.2) is 23.2 Å². The van der Waals surface area contributed by atoms with Crippen molar-refractivity contribution in [2.45, 2.75) is 44.2 Å². The molecule has 22 heavy (non-hydrogen) atoms. The zero-order chi connectivity index (χ0) is 15.9. The van der Waals surface area contributed by atoms with Gasteiger partial charge in [0.15, 0.2) is 9.84 Å².